The molecule has 1 amide bonds. The first-order valence-corrected chi connectivity index (χ1v) is 13.8. The molecular weight excluding hydrogens is 468 g/mol. The second-order valence-electron chi connectivity index (χ2n) is 9.58. The maximum atomic E-state index is 11.8. The SMILES string of the molecule is [C-]#[N+]c1c(N2CCCN(C)CC2)nc(SCc2ccc(CCC3CCNC3=O)cc2)c(C#N)c1CC. The Balaban J connectivity index is 1.50. The van der Waals surface area contributed by atoms with E-state index in [1.54, 1.807) is 11.8 Å². The molecule has 0 saturated carbocycles. The van der Waals surface area contributed by atoms with Crippen LogP contribution in [0, 0.1) is 23.8 Å². The standard InChI is InChI=1S/C28H34N6OS/c1-4-23-24(18-29)28(32-26(25(23)30-2)34-15-5-14-33(3)16-17-34)36-19-21-8-6-20(7-9-21)10-11-22-12-13-31-27(22)35/h6-9,22H,4-5,10-17,19H2,1,3H3,(H,31,35). The fourth-order valence-corrected chi connectivity index (χ4v) is 5.92. The van der Waals surface area contributed by atoms with Gasteiger partial charge in [0.25, 0.3) is 0 Å². The minimum Gasteiger partial charge on any atom is -0.364 e. The highest BCUT2D eigenvalue weighted by Gasteiger charge is 2.25. The maximum Gasteiger partial charge on any atom is 0.232 e. The molecule has 2 fully saturated rings. The van der Waals surface area contributed by atoms with Gasteiger partial charge in [0.15, 0.2) is 0 Å². The number of thioether (sulfide) groups is 1. The van der Waals surface area contributed by atoms with Gasteiger partial charge in [-0.1, -0.05) is 31.2 Å². The Morgan fingerprint density at radius 3 is 2.67 bits per heavy atom. The van der Waals surface area contributed by atoms with Crippen LogP contribution >= 0.6 is 11.8 Å². The molecule has 2 aliphatic heterocycles. The number of carbonyl (C=O) groups excluding carboxylic acids is 1. The van der Waals surface area contributed by atoms with Gasteiger partial charge in [-0.3, -0.25) is 4.79 Å². The molecule has 3 heterocycles. The Hall–Kier alpha value is -3.07. The molecule has 1 N–H and O–H groups in total. The lowest BCUT2D eigenvalue weighted by molar-refractivity contribution is -0.122. The summed E-state index contributed by atoms with van der Waals surface area (Å²) in [6.45, 7) is 14.3. The molecular formula is C28H34N6OS. The van der Waals surface area contributed by atoms with Gasteiger partial charge >= 0.3 is 0 Å². The quantitative estimate of drug-likeness (QED) is 0.421. The van der Waals surface area contributed by atoms with E-state index in [4.69, 9.17) is 11.6 Å². The van der Waals surface area contributed by atoms with E-state index in [9.17, 15) is 10.1 Å². The number of aryl methyl sites for hydroxylation is 1. The average Bonchev–Trinajstić information content (AvgIpc) is 3.19. The van der Waals surface area contributed by atoms with Crippen LogP contribution in [0.5, 0.6) is 0 Å². The molecule has 7 nitrogen and oxygen atoms in total. The summed E-state index contributed by atoms with van der Waals surface area (Å²) in [4.78, 5) is 25.1. The first kappa shape index (κ1) is 26.0. The number of nitriles is 1. The highest BCUT2D eigenvalue weighted by molar-refractivity contribution is 7.98. The molecule has 1 aromatic heterocycles. The third-order valence-electron chi connectivity index (χ3n) is 7.16. The van der Waals surface area contributed by atoms with E-state index >= 15 is 0 Å². The predicted molar refractivity (Wildman–Crippen MR) is 144 cm³/mol. The van der Waals surface area contributed by atoms with Crippen molar-refractivity contribution >= 4 is 29.2 Å². The highest BCUT2D eigenvalue weighted by Crippen LogP contribution is 2.39. The topological polar surface area (TPSA) is 76.6 Å². The second-order valence-corrected chi connectivity index (χ2v) is 10.5. The monoisotopic (exact) mass is 502 g/mol. The number of pyridine rings is 1. The van der Waals surface area contributed by atoms with E-state index in [2.05, 4.69) is 57.3 Å². The summed E-state index contributed by atoms with van der Waals surface area (Å²) in [5, 5.41) is 13.6. The first-order chi connectivity index (χ1) is 17.5. The number of hydrogen-bond donors (Lipinski definition) is 1. The van der Waals surface area contributed by atoms with Crippen molar-refractivity contribution in [2.24, 2.45) is 5.92 Å². The summed E-state index contributed by atoms with van der Waals surface area (Å²) in [5.74, 6) is 1.76. The Bertz CT molecular complexity index is 1170. The molecule has 2 aromatic rings. The Labute approximate surface area is 218 Å². The molecule has 1 atom stereocenters. The van der Waals surface area contributed by atoms with Gasteiger partial charge in [-0.05, 0) is 62.4 Å². The van der Waals surface area contributed by atoms with E-state index < -0.39 is 0 Å². The molecule has 0 aliphatic carbocycles. The number of rotatable bonds is 8. The number of hydrogen-bond acceptors (Lipinski definition) is 6. The van der Waals surface area contributed by atoms with Crippen LogP contribution < -0.4 is 10.2 Å². The molecule has 2 aliphatic rings. The number of likely N-dealkylation sites (N-methyl/N-ethyl adjacent to an activating group) is 1. The molecule has 188 valence electrons. The van der Waals surface area contributed by atoms with Crippen LogP contribution in [0.2, 0.25) is 0 Å². The van der Waals surface area contributed by atoms with Crippen LogP contribution in [0.25, 0.3) is 4.85 Å². The zero-order chi connectivity index (χ0) is 25.5. The third-order valence-corrected chi connectivity index (χ3v) is 8.21. The lowest BCUT2D eigenvalue weighted by Crippen LogP contribution is -2.29. The van der Waals surface area contributed by atoms with Crippen molar-refractivity contribution in [2.75, 3.05) is 44.7 Å². The van der Waals surface area contributed by atoms with Gasteiger partial charge in [-0.25, -0.2) is 9.83 Å². The molecule has 8 heteroatoms. The number of carbonyl (C=O) groups is 1. The van der Waals surface area contributed by atoms with Crippen molar-refractivity contribution in [1.82, 2.24) is 15.2 Å². The van der Waals surface area contributed by atoms with E-state index in [1.165, 1.54) is 11.1 Å². The Kier molecular flexibility index (Phi) is 8.85. The van der Waals surface area contributed by atoms with Crippen LogP contribution in [-0.2, 0) is 23.4 Å². The number of amides is 1. The van der Waals surface area contributed by atoms with Crippen molar-refractivity contribution in [3.8, 4) is 6.07 Å². The summed E-state index contributed by atoms with van der Waals surface area (Å²) in [5.41, 5.74) is 4.28. The molecule has 0 radical (unpaired) electrons. The fraction of sp³-hybridized carbons (Fsp3) is 0.500. The lowest BCUT2D eigenvalue weighted by atomic mass is 9.98. The number of aromatic nitrogens is 1. The van der Waals surface area contributed by atoms with Gasteiger partial charge < -0.3 is 15.1 Å². The Morgan fingerprint density at radius 1 is 1.22 bits per heavy atom. The molecule has 2 saturated heterocycles. The number of nitrogens with one attached hydrogen (secondary N) is 1. The zero-order valence-electron chi connectivity index (χ0n) is 21.2. The number of anilines is 1. The van der Waals surface area contributed by atoms with Crippen LogP contribution in [0.15, 0.2) is 29.3 Å². The van der Waals surface area contributed by atoms with Crippen molar-refractivity contribution in [2.45, 2.75) is 49.8 Å². The van der Waals surface area contributed by atoms with Crippen LogP contribution in [-0.4, -0.2) is 55.6 Å². The van der Waals surface area contributed by atoms with E-state index in [0.29, 0.717) is 28.5 Å². The molecule has 4 rings (SSSR count). The smallest absolute Gasteiger partial charge is 0.232 e. The lowest BCUT2D eigenvalue weighted by Gasteiger charge is -2.25. The average molecular weight is 503 g/mol. The third kappa shape index (κ3) is 6.00. The van der Waals surface area contributed by atoms with E-state index in [-0.39, 0.29) is 11.8 Å². The molecule has 1 unspecified atom stereocenters. The van der Waals surface area contributed by atoms with Gasteiger partial charge in [0.05, 0.1) is 12.1 Å². The molecule has 0 bridgehead atoms. The predicted octanol–water partition coefficient (Wildman–Crippen LogP) is 4.57. The van der Waals surface area contributed by atoms with Crippen molar-refractivity contribution in [1.29, 1.82) is 5.26 Å². The van der Waals surface area contributed by atoms with Crippen molar-refractivity contribution < 1.29 is 4.79 Å². The maximum absolute atomic E-state index is 11.8. The highest BCUT2D eigenvalue weighted by atomic mass is 32.2. The van der Waals surface area contributed by atoms with E-state index in [1.807, 2.05) is 6.92 Å². The number of benzene rings is 1. The van der Waals surface area contributed by atoms with Crippen molar-refractivity contribution in [3.05, 3.63) is 57.9 Å². The first-order valence-electron chi connectivity index (χ1n) is 12.8. The van der Waals surface area contributed by atoms with E-state index in [0.717, 1.165) is 69.8 Å². The van der Waals surface area contributed by atoms with Gasteiger partial charge in [-0.2, -0.15) is 5.26 Å². The Morgan fingerprint density at radius 2 is 2.00 bits per heavy atom. The minimum absolute atomic E-state index is 0.140. The summed E-state index contributed by atoms with van der Waals surface area (Å²) in [6.07, 6.45) is 4.38. The minimum atomic E-state index is 0.140. The summed E-state index contributed by atoms with van der Waals surface area (Å²) >= 11 is 1.57. The van der Waals surface area contributed by atoms with Crippen LogP contribution in [0.1, 0.15) is 48.4 Å². The van der Waals surface area contributed by atoms with Crippen LogP contribution in [0.3, 0.4) is 0 Å². The second kappa shape index (κ2) is 12.3. The molecule has 1 aromatic carbocycles. The summed E-state index contributed by atoms with van der Waals surface area (Å²) in [6, 6.07) is 10.9. The molecule has 0 spiro atoms. The van der Waals surface area contributed by atoms with Gasteiger partial charge in [-0.15, -0.1) is 11.8 Å². The molecule has 36 heavy (non-hydrogen) atoms. The zero-order valence-corrected chi connectivity index (χ0v) is 22.0. The largest absolute Gasteiger partial charge is 0.364 e. The van der Waals surface area contributed by atoms with Crippen LogP contribution in [0.4, 0.5) is 11.5 Å². The van der Waals surface area contributed by atoms with Crippen molar-refractivity contribution in [3.63, 3.8) is 0 Å². The van der Waals surface area contributed by atoms with Gasteiger partial charge in [0.2, 0.25) is 11.6 Å². The summed E-state index contributed by atoms with van der Waals surface area (Å²) in [7, 11) is 2.13. The van der Waals surface area contributed by atoms with Gasteiger partial charge in [0, 0.05) is 37.8 Å². The van der Waals surface area contributed by atoms with Gasteiger partial charge in [0.1, 0.15) is 16.9 Å². The number of nitrogens with zero attached hydrogens (tertiary/aromatic N) is 5. The fourth-order valence-electron chi connectivity index (χ4n) is 4.96. The summed E-state index contributed by atoms with van der Waals surface area (Å²) < 4.78 is 0. The normalized spacial score (nSPS) is 18.4.